The van der Waals surface area contributed by atoms with E-state index in [4.69, 9.17) is 9.15 Å². The molecule has 6 heteroatoms. The second kappa shape index (κ2) is 11.7. The largest absolute Gasteiger partial charge is 0.494 e. The maximum atomic E-state index is 13.7. The predicted octanol–water partition coefficient (Wildman–Crippen LogP) is 5.47. The summed E-state index contributed by atoms with van der Waals surface area (Å²) in [5.41, 5.74) is 3.02. The van der Waals surface area contributed by atoms with E-state index in [0.717, 1.165) is 48.1 Å². The molecule has 1 aromatic heterocycles. The molecule has 1 fully saturated rings. The quantitative estimate of drug-likeness (QED) is 0.423. The molecule has 2 aromatic carbocycles. The first kappa shape index (κ1) is 24.6. The van der Waals surface area contributed by atoms with Gasteiger partial charge in [-0.25, -0.2) is 0 Å². The van der Waals surface area contributed by atoms with Crippen molar-refractivity contribution in [2.24, 2.45) is 0 Å². The van der Waals surface area contributed by atoms with E-state index in [2.05, 4.69) is 11.4 Å². The monoisotopic (exact) mass is 474 g/mol. The molecule has 0 bridgehead atoms. The van der Waals surface area contributed by atoms with Crippen LogP contribution in [0.1, 0.15) is 65.9 Å². The van der Waals surface area contributed by atoms with Crippen molar-refractivity contribution in [3.8, 4) is 5.75 Å². The Bertz CT molecular complexity index is 1100. The number of amides is 2. The lowest BCUT2D eigenvalue weighted by Gasteiger charge is -2.32. The second-order valence-electron chi connectivity index (χ2n) is 9.11. The first-order chi connectivity index (χ1) is 17.0. The van der Waals surface area contributed by atoms with Crippen molar-refractivity contribution in [1.29, 1.82) is 0 Å². The maximum Gasteiger partial charge on any atom is 0.290 e. The van der Waals surface area contributed by atoms with Crippen molar-refractivity contribution < 1.29 is 18.7 Å². The summed E-state index contributed by atoms with van der Waals surface area (Å²) in [6, 6.07) is 18.4. The van der Waals surface area contributed by atoms with E-state index in [-0.39, 0.29) is 23.6 Å². The third-order valence-corrected chi connectivity index (χ3v) is 6.49. The molecule has 1 saturated carbocycles. The maximum absolute atomic E-state index is 13.7. The Morgan fingerprint density at radius 2 is 1.86 bits per heavy atom. The average molecular weight is 475 g/mol. The van der Waals surface area contributed by atoms with Gasteiger partial charge in [0.15, 0.2) is 5.76 Å². The highest BCUT2D eigenvalue weighted by Crippen LogP contribution is 2.28. The van der Waals surface area contributed by atoms with Gasteiger partial charge in [0.05, 0.1) is 12.9 Å². The molecule has 35 heavy (non-hydrogen) atoms. The van der Waals surface area contributed by atoms with E-state index in [1.54, 1.807) is 17.0 Å². The molecule has 1 aliphatic rings. The van der Waals surface area contributed by atoms with Gasteiger partial charge in [-0.15, -0.1) is 0 Å². The average Bonchev–Trinajstić information content (AvgIpc) is 3.57. The summed E-state index contributed by atoms with van der Waals surface area (Å²) in [4.78, 5) is 29.0. The Balaban J connectivity index is 1.67. The van der Waals surface area contributed by atoms with Crippen LogP contribution in [0.15, 0.2) is 71.3 Å². The van der Waals surface area contributed by atoms with Gasteiger partial charge in [0, 0.05) is 12.6 Å². The number of nitrogens with zero attached hydrogens (tertiary/aromatic N) is 1. The number of carbonyl (C=O) groups excluding carboxylic acids is 2. The zero-order valence-electron chi connectivity index (χ0n) is 20.5. The molecular formula is C29H34N2O4. The summed E-state index contributed by atoms with van der Waals surface area (Å²) < 4.78 is 11.1. The molecule has 1 aliphatic carbocycles. The number of nitrogens with one attached hydrogen (secondary N) is 1. The fourth-order valence-electron chi connectivity index (χ4n) is 4.74. The van der Waals surface area contributed by atoms with Crippen LogP contribution >= 0.6 is 0 Å². The molecule has 1 heterocycles. The number of furan rings is 1. The molecule has 0 aliphatic heterocycles. The van der Waals surface area contributed by atoms with Gasteiger partial charge in [-0.05, 0) is 68.5 Å². The summed E-state index contributed by atoms with van der Waals surface area (Å²) >= 11 is 0. The van der Waals surface area contributed by atoms with Crippen molar-refractivity contribution in [2.45, 2.75) is 58.0 Å². The predicted molar refractivity (Wildman–Crippen MR) is 135 cm³/mol. The highest BCUT2D eigenvalue weighted by Gasteiger charge is 2.34. The van der Waals surface area contributed by atoms with Gasteiger partial charge in [0.2, 0.25) is 5.91 Å². The lowest BCUT2D eigenvalue weighted by Crippen LogP contribution is -2.46. The summed E-state index contributed by atoms with van der Waals surface area (Å²) in [6.45, 7) is 4.91. The van der Waals surface area contributed by atoms with Gasteiger partial charge in [-0.3, -0.25) is 9.59 Å². The van der Waals surface area contributed by atoms with Crippen LogP contribution in [-0.4, -0.2) is 35.9 Å². The Hall–Kier alpha value is -3.54. The van der Waals surface area contributed by atoms with Gasteiger partial charge < -0.3 is 19.4 Å². The van der Waals surface area contributed by atoms with Gasteiger partial charge in [0.1, 0.15) is 11.8 Å². The minimum atomic E-state index is -0.784. The molecule has 0 spiro atoms. The standard InChI is InChI=1S/C29H34N2O4/c1-3-34-25-15-13-23(14-16-25)27(28(32)30-24-10-4-5-11-24)31(29(33)26-12-7-19-35-26)18-17-22-9-6-8-21(2)20-22/h6-9,12-16,19-20,24,27H,3-5,10-11,17-18H2,1-2H3,(H,30,32)/t27-/m0/s1. The summed E-state index contributed by atoms with van der Waals surface area (Å²) in [5, 5.41) is 3.21. The van der Waals surface area contributed by atoms with E-state index in [1.807, 2.05) is 56.3 Å². The Labute approximate surface area is 207 Å². The normalized spacial score (nSPS) is 14.5. The van der Waals surface area contributed by atoms with Crippen molar-refractivity contribution >= 4 is 11.8 Å². The van der Waals surface area contributed by atoms with Crippen molar-refractivity contribution in [1.82, 2.24) is 10.2 Å². The van der Waals surface area contributed by atoms with Crippen LogP contribution in [-0.2, 0) is 11.2 Å². The van der Waals surface area contributed by atoms with Crippen LogP contribution in [0.25, 0.3) is 0 Å². The molecule has 4 rings (SSSR count). The molecule has 1 N–H and O–H groups in total. The summed E-state index contributed by atoms with van der Waals surface area (Å²) in [6.07, 6.45) is 6.27. The van der Waals surface area contributed by atoms with Gasteiger partial charge in [-0.2, -0.15) is 0 Å². The molecular weight excluding hydrogens is 440 g/mol. The Morgan fingerprint density at radius 1 is 1.09 bits per heavy atom. The highest BCUT2D eigenvalue weighted by molar-refractivity contribution is 5.96. The number of benzene rings is 2. The van der Waals surface area contributed by atoms with E-state index >= 15 is 0 Å². The number of hydrogen-bond donors (Lipinski definition) is 1. The lowest BCUT2D eigenvalue weighted by atomic mass is 10.0. The van der Waals surface area contributed by atoms with Crippen LogP contribution in [0.2, 0.25) is 0 Å². The van der Waals surface area contributed by atoms with Crippen LogP contribution in [0.4, 0.5) is 0 Å². The van der Waals surface area contributed by atoms with E-state index in [1.165, 1.54) is 6.26 Å². The van der Waals surface area contributed by atoms with E-state index in [0.29, 0.717) is 19.6 Å². The first-order valence-electron chi connectivity index (χ1n) is 12.5. The smallest absolute Gasteiger partial charge is 0.290 e. The second-order valence-corrected chi connectivity index (χ2v) is 9.11. The molecule has 0 saturated heterocycles. The fraction of sp³-hybridized carbons (Fsp3) is 0.379. The Morgan fingerprint density at radius 3 is 2.51 bits per heavy atom. The SMILES string of the molecule is CCOc1ccc([C@@H](C(=O)NC2CCCC2)N(CCc2cccc(C)c2)C(=O)c2ccco2)cc1. The zero-order valence-corrected chi connectivity index (χ0v) is 20.5. The zero-order chi connectivity index (χ0) is 24.6. The molecule has 2 amide bonds. The van der Waals surface area contributed by atoms with E-state index < -0.39 is 6.04 Å². The minimum absolute atomic E-state index is 0.144. The molecule has 1 atom stereocenters. The summed E-state index contributed by atoms with van der Waals surface area (Å²) in [7, 11) is 0. The number of carbonyl (C=O) groups is 2. The topological polar surface area (TPSA) is 71.8 Å². The number of aryl methyl sites for hydroxylation is 1. The third-order valence-electron chi connectivity index (χ3n) is 6.49. The fourth-order valence-corrected chi connectivity index (χ4v) is 4.74. The van der Waals surface area contributed by atoms with Crippen LogP contribution in [0.3, 0.4) is 0 Å². The third kappa shape index (κ3) is 6.32. The minimum Gasteiger partial charge on any atom is -0.494 e. The number of ether oxygens (including phenoxy) is 1. The Kier molecular flexibility index (Phi) is 8.24. The number of hydrogen-bond acceptors (Lipinski definition) is 4. The van der Waals surface area contributed by atoms with Crippen molar-refractivity contribution in [2.75, 3.05) is 13.2 Å². The van der Waals surface area contributed by atoms with Crippen molar-refractivity contribution in [3.63, 3.8) is 0 Å². The molecule has 0 unspecified atom stereocenters. The number of rotatable bonds is 10. The lowest BCUT2D eigenvalue weighted by molar-refractivity contribution is -0.126. The van der Waals surface area contributed by atoms with Gasteiger partial charge >= 0.3 is 0 Å². The molecule has 3 aromatic rings. The van der Waals surface area contributed by atoms with E-state index in [9.17, 15) is 9.59 Å². The first-order valence-corrected chi connectivity index (χ1v) is 12.5. The highest BCUT2D eigenvalue weighted by atomic mass is 16.5. The molecule has 0 radical (unpaired) electrons. The summed E-state index contributed by atoms with van der Waals surface area (Å²) in [5.74, 6) is 0.488. The van der Waals surface area contributed by atoms with Crippen LogP contribution in [0, 0.1) is 6.92 Å². The van der Waals surface area contributed by atoms with Gasteiger partial charge in [0.25, 0.3) is 5.91 Å². The van der Waals surface area contributed by atoms with Crippen LogP contribution < -0.4 is 10.1 Å². The van der Waals surface area contributed by atoms with Crippen molar-refractivity contribution in [3.05, 3.63) is 89.4 Å². The molecule has 6 nitrogen and oxygen atoms in total. The van der Waals surface area contributed by atoms with Gasteiger partial charge in [-0.1, -0.05) is 54.8 Å². The van der Waals surface area contributed by atoms with Crippen LogP contribution in [0.5, 0.6) is 5.75 Å². The molecule has 184 valence electrons.